The van der Waals surface area contributed by atoms with Gasteiger partial charge in [-0.1, -0.05) is 23.2 Å². The molecule has 0 amide bonds. The maximum Gasteiger partial charge on any atom is 0.358 e. The Balaban J connectivity index is 2.71. The number of pyridine rings is 1. The summed E-state index contributed by atoms with van der Waals surface area (Å²) in [6.45, 7) is 0. The highest BCUT2D eigenvalue weighted by Gasteiger charge is 2.23. The topological polar surface area (TPSA) is 91.5 Å². The Labute approximate surface area is 146 Å². The standard InChI is InChI=1S/C15H11Cl2FN2O4/c1-23-14(21)10-7(16)4-3-6(12(10)18)9-5-8(19)11(17)13(20-9)15(22)24-2/h3-5H,1-2H3,(H2,19,20). The van der Waals surface area contributed by atoms with Crippen LogP contribution in [0.15, 0.2) is 18.2 Å². The van der Waals surface area contributed by atoms with Crippen LogP contribution in [0.5, 0.6) is 0 Å². The highest BCUT2D eigenvalue weighted by Crippen LogP contribution is 2.33. The third kappa shape index (κ3) is 3.13. The molecular formula is C15H11Cl2FN2O4. The molecule has 1 aromatic carbocycles. The van der Waals surface area contributed by atoms with E-state index in [1.807, 2.05) is 0 Å². The van der Waals surface area contributed by atoms with Crippen LogP contribution in [-0.4, -0.2) is 31.1 Å². The number of hydrogen-bond acceptors (Lipinski definition) is 6. The number of hydrogen-bond donors (Lipinski definition) is 1. The van der Waals surface area contributed by atoms with E-state index in [2.05, 4.69) is 14.5 Å². The average Bonchev–Trinajstić information content (AvgIpc) is 2.56. The summed E-state index contributed by atoms with van der Waals surface area (Å²) in [5, 5.41) is -0.244. The van der Waals surface area contributed by atoms with Crippen LogP contribution in [0.25, 0.3) is 11.3 Å². The number of rotatable bonds is 3. The fourth-order valence-corrected chi connectivity index (χ4v) is 2.36. The largest absolute Gasteiger partial charge is 0.465 e. The van der Waals surface area contributed by atoms with Crippen LogP contribution in [0, 0.1) is 5.82 Å². The third-order valence-electron chi connectivity index (χ3n) is 3.12. The number of carbonyl (C=O) groups excluding carboxylic acids is 2. The summed E-state index contributed by atoms with van der Waals surface area (Å²) in [7, 11) is 2.24. The van der Waals surface area contributed by atoms with Crippen LogP contribution in [-0.2, 0) is 9.47 Å². The first-order valence-electron chi connectivity index (χ1n) is 6.42. The van der Waals surface area contributed by atoms with E-state index in [0.717, 1.165) is 14.2 Å². The number of carbonyl (C=O) groups is 2. The van der Waals surface area contributed by atoms with E-state index in [-0.39, 0.29) is 32.7 Å². The SMILES string of the molecule is COC(=O)c1nc(-c2ccc(Cl)c(C(=O)OC)c2F)cc(N)c1Cl. The van der Waals surface area contributed by atoms with E-state index in [1.165, 1.54) is 18.2 Å². The van der Waals surface area contributed by atoms with Crippen molar-refractivity contribution in [3.05, 3.63) is 45.3 Å². The first-order chi connectivity index (χ1) is 11.3. The average molecular weight is 373 g/mol. The Bertz CT molecular complexity index is 843. The van der Waals surface area contributed by atoms with Gasteiger partial charge in [0, 0.05) is 5.56 Å². The van der Waals surface area contributed by atoms with E-state index in [0.29, 0.717) is 0 Å². The molecule has 1 aromatic heterocycles. The monoisotopic (exact) mass is 372 g/mol. The number of halogens is 3. The molecular weight excluding hydrogens is 362 g/mol. The lowest BCUT2D eigenvalue weighted by molar-refractivity contribution is 0.0585. The molecule has 0 unspecified atom stereocenters. The van der Waals surface area contributed by atoms with Crippen molar-refractivity contribution in [2.75, 3.05) is 20.0 Å². The number of nitrogen functional groups attached to an aromatic ring is 1. The Morgan fingerprint density at radius 1 is 1.17 bits per heavy atom. The Hall–Kier alpha value is -2.38. The van der Waals surface area contributed by atoms with Gasteiger partial charge in [-0.05, 0) is 18.2 Å². The minimum Gasteiger partial charge on any atom is -0.465 e. The summed E-state index contributed by atoms with van der Waals surface area (Å²) in [4.78, 5) is 27.4. The van der Waals surface area contributed by atoms with Crippen molar-refractivity contribution >= 4 is 40.8 Å². The molecule has 1 heterocycles. The van der Waals surface area contributed by atoms with Crippen LogP contribution in [0.3, 0.4) is 0 Å². The number of nitrogens with two attached hydrogens (primary N) is 1. The fourth-order valence-electron chi connectivity index (χ4n) is 1.96. The van der Waals surface area contributed by atoms with Crippen LogP contribution in [0.4, 0.5) is 10.1 Å². The van der Waals surface area contributed by atoms with Gasteiger partial charge in [0.15, 0.2) is 5.69 Å². The van der Waals surface area contributed by atoms with Gasteiger partial charge in [0.05, 0.1) is 35.6 Å². The van der Waals surface area contributed by atoms with Gasteiger partial charge >= 0.3 is 11.9 Å². The van der Waals surface area contributed by atoms with E-state index < -0.39 is 23.3 Å². The zero-order valence-electron chi connectivity index (χ0n) is 12.5. The molecule has 0 aliphatic rings. The maximum atomic E-state index is 14.7. The Morgan fingerprint density at radius 2 is 1.79 bits per heavy atom. The van der Waals surface area contributed by atoms with Crippen LogP contribution in [0.2, 0.25) is 10.0 Å². The van der Waals surface area contributed by atoms with Gasteiger partial charge in [-0.25, -0.2) is 19.0 Å². The van der Waals surface area contributed by atoms with Gasteiger partial charge in [-0.3, -0.25) is 0 Å². The molecule has 24 heavy (non-hydrogen) atoms. The van der Waals surface area contributed by atoms with Crippen molar-refractivity contribution in [3.8, 4) is 11.3 Å². The van der Waals surface area contributed by atoms with E-state index in [9.17, 15) is 14.0 Å². The molecule has 0 bridgehead atoms. The number of anilines is 1. The van der Waals surface area contributed by atoms with Crippen molar-refractivity contribution < 1.29 is 23.5 Å². The van der Waals surface area contributed by atoms with Crippen molar-refractivity contribution in [1.29, 1.82) is 0 Å². The minimum absolute atomic E-state index is 0.00367. The smallest absolute Gasteiger partial charge is 0.358 e. The lowest BCUT2D eigenvalue weighted by atomic mass is 10.1. The van der Waals surface area contributed by atoms with Gasteiger partial charge in [0.2, 0.25) is 0 Å². The first kappa shape index (κ1) is 18.0. The summed E-state index contributed by atoms with van der Waals surface area (Å²) in [6, 6.07) is 3.86. The second-order valence-electron chi connectivity index (χ2n) is 4.53. The summed E-state index contributed by atoms with van der Waals surface area (Å²) in [5.41, 5.74) is 4.88. The van der Waals surface area contributed by atoms with Crippen LogP contribution < -0.4 is 5.73 Å². The summed E-state index contributed by atoms with van der Waals surface area (Å²) < 4.78 is 23.8. The van der Waals surface area contributed by atoms with Crippen molar-refractivity contribution in [2.45, 2.75) is 0 Å². The van der Waals surface area contributed by atoms with Gasteiger partial charge in [-0.15, -0.1) is 0 Å². The Kier molecular flexibility index (Phi) is 5.26. The predicted octanol–water partition coefficient (Wildman–Crippen LogP) is 3.35. The molecule has 2 N–H and O–H groups in total. The molecule has 0 aliphatic carbocycles. The lowest BCUT2D eigenvalue weighted by Gasteiger charge is -2.11. The number of benzene rings is 1. The molecule has 0 atom stereocenters. The van der Waals surface area contributed by atoms with Crippen molar-refractivity contribution in [2.24, 2.45) is 0 Å². The van der Waals surface area contributed by atoms with Crippen molar-refractivity contribution in [1.82, 2.24) is 4.98 Å². The second-order valence-corrected chi connectivity index (χ2v) is 5.31. The highest BCUT2D eigenvalue weighted by atomic mass is 35.5. The van der Waals surface area contributed by atoms with E-state index in [1.54, 1.807) is 0 Å². The number of esters is 2. The van der Waals surface area contributed by atoms with Gasteiger partial charge in [-0.2, -0.15) is 0 Å². The molecule has 0 radical (unpaired) electrons. The predicted molar refractivity (Wildman–Crippen MR) is 86.7 cm³/mol. The fraction of sp³-hybridized carbons (Fsp3) is 0.133. The summed E-state index contributed by atoms with van der Waals surface area (Å²) in [6.07, 6.45) is 0. The number of methoxy groups -OCH3 is 2. The zero-order valence-corrected chi connectivity index (χ0v) is 14.0. The lowest BCUT2D eigenvalue weighted by Crippen LogP contribution is -2.10. The molecule has 0 saturated heterocycles. The summed E-state index contributed by atoms with van der Waals surface area (Å²) >= 11 is 11.8. The summed E-state index contributed by atoms with van der Waals surface area (Å²) in [5.74, 6) is -2.75. The third-order valence-corrected chi connectivity index (χ3v) is 3.83. The quantitative estimate of drug-likeness (QED) is 0.830. The number of aromatic nitrogens is 1. The van der Waals surface area contributed by atoms with Gasteiger partial charge in [0.1, 0.15) is 11.4 Å². The first-order valence-corrected chi connectivity index (χ1v) is 7.18. The number of ether oxygens (including phenoxy) is 2. The molecule has 2 rings (SSSR count). The maximum absolute atomic E-state index is 14.7. The number of nitrogens with zero attached hydrogens (tertiary/aromatic N) is 1. The van der Waals surface area contributed by atoms with Gasteiger partial charge in [0.25, 0.3) is 0 Å². The van der Waals surface area contributed by atoms with Gasteiger partial charge < -0.3 is 15.2 Å². The molecule has 126 valence electrons. The Morgan fingerprint density at radius 3 is 2.38 bits per heavy atom. The van der Waals surface area contributed by atoms with Crippen LogP contribution in [0.1, 0.15) is 20.8 Å². The normalized spacial score (nSPS) is 10.4. The second kappa shape index (κ2) is 7.02. The molecule has 2 aromatic rings. The molecule has 0 fully saturated rings. The molecule has 0 spiro atoms. The van der Waals surface area contributed by atoms with E-state index >= 15 is 0 Å². The molecule has 0 saturated carbocycles. The molecule has 9 heteroatoms. The molecule has 0 aliphatic heterocycles. The highest BCUT2D eigenvalue weighted by molar-refractivity contribution is 6.36. The van der Waals surface area contributed by atoms with Crippen LogP contribution >= 0.6 is 23.2 Å². The van der Waals surface area contributed by atoms with E-state index in [4.69, 9.17) is 28.9 Å². The minimum atomic E-state index is -0.959. The van der Waals surface area contributed by atoms with Crippen molar-refractivity contribution in [3.63, 3.8) is 0 Å². The molecule has 6 nitrogen and oxygen atoms in total. The zero-order chi connectivity index (χ0) is 18.0.